The number of aryl methyl sites for hydroxylation is 3. The van der Waals surface area contributed by atoms with Crippen LogP contribution in [0, 0.1) is 26.6 Å². The lowest BCUT2D eigenvalue weighted by molar-refractivity contribution is 0.591. The second-order valence-corrected chi connectivity index (χ2v) is 6.51. The normalized spacial score (nSPS) is 11.7. The number of benzene rings is 1. The SMILES string of the molecule is Cc1cc(S(=O)(=O)Nc2c(C)n[nH]c2C)cc(CN)c1F. The number of nitrogens with one attached hydrogen (secondary N) is 2. The summed E-state index contributed by atoms with van der Waals surface area (Å²) in [6.45, 7) is 4.82. The summed E-state index contributed by atoms with van der Waals surface area (Å²) < 4.78 is 41.1. The van der Waals surface area contributed by atoms with Gasteiger partial charge in [0.15, 0.2) is 0 Å². The molecular formula is C13H17FN4O2S. The van der Waals surface area contributed by atoms with Crippen molar-refractivity contribution in [2.45, 2.75) is 32.2 Å². The summed E-state index contributed by atoms with van der Waals surface area (Å²) >= 11 is 0. The number of hydrogen-bond acceptors (Lipinski definition) is 4. The quantitative estimate of drug-likeness (QED) is 0.800. The van der Waals surface area contributed by atoms with Crippen molar-refractivity contribution in [2.24, 2.45) is 5.73 Å². The molecule has 6 nitrogen and oxygen atoms in total. The molecule has 8 heteroatoms. The highest BCUT2D eigenvalue weighted by molar-refractivity contribution is 7.92. The summed E-state index contributed by atoms with van der Waals surface area (Å²) in [5.74, 6) is -0.480. The maximum atomic E-state index is 13.8. The zero-order valence-corrected chi connectivity index (χ0v) is 12.8. The van der Waals surface area contributed by atoms with Gasteiger partial charge in [-0.05, 0) is 38.5 Å². The molecule has 4 N–H and O–H groups in total. The number of aromatic nitrogens is 2. The van der Waals surface area contributed by atoms with E-state index in [1.807, 2.05) is 0 Å². The highest BCUT2D eigenvalue weighted by Gasteiger charge is 2.20. The minimum absolute atomic E-state index is 0.0261. The van der Waals surface area contributed by atoms with E-state index in [1.165, 1.54) is 19.1 Å². The Labute approximate surface area is 122 Å². The summed E-state index contributed by atoms with van der Waals surface area (Å²) in [5, 5.41) is 6.62. The maximum absolute atomic E-state index is 13.8. The topological polar surface area (TPSA) is 101 Å². The van der Waals surface area contributed by atoms with Crippen molar-refractivity contribution in [2.75, 3.05) is 4.72 Å². The lowest BCUT2D eigenvalue weighted by Crippen LogP contribution is -2.15. The molecule has 0 spiro atoms. The summed E-state index contributed by atoms with van der Waals surface area (Å²) in [7, 11) is -3.83. The van der Waals surface area contributed by atoms with E-state index in [0.29, 0.717) is 17.1 Å². The monoisotopic (exact) mass is 312 g/mol. The number of sulfonamides is 1. The van der Waals surface area contributed by atoms with Crippen LogP contribution < -0.4 is 10.5 Å². The fourth-order valence-electron chi connectivity index (χ4n) is 2.00. The van der Waals surface area contributed by atoms with E-state index in [0.717, 1.165) is 0 Å². The van der Waals surface area contributed by atoms with Crippen LogP contribution in [0.5, 0.6) is 0 Å². The van der Waals surface area contributed by atoms with Gasteiger partial charge in [0, 0.05) is 12.1 Å². The van der Waals surface area contributed by atoms with Gasteiger partial charge in [0.25, 0.3) is 10.0 Å². The van der Waals surface area contributed by atoms with Gasteiger partial charge in [0.1, 0.15) is 5.82 Å². The van der Waals surface area contributed by atoms with Crippen LogP contribution in [-0.4, -0.2) is 18.6 Å². The zero-order chi connectivity index (χ0) is 15.8. The molecule has 0 radical (unpaired) electrons. The van der Waals surface area contributed by atoms with E-state index in [2.05, 4.69) is 14.9 Å². The Morgan fingerprint density at radius 1 is 1.33 bits per heavy atom. The van der Waals surface area contributed by atoms with Gasteiger partial charge in [-0.3, -0.25) is 9.82 Å². The molecule has 114 valence electrons. The van der Waals surface area contributed by atoms with Gasteiger partial charge < -0.3 is 5.73 Å². The minimum atomic E-state index is -3.83. The Balaban J connectivity index is 2.48. The molecule has 0 fully saturated rings. The van der Waals surface area contributed by atoms with Crippen LogP contribution in [-0.2, 0) is 16.6 Å². The van der Waals surface area contributed by atoms with Crippen LogP contribution >= 0.6 is 0 Å². The van der Waals surface area contributed by atoms with Crippen LogP contribution in [0.25, 0.3) is 0 Å². The first kappa shape index (κ1) is 15.5. The van der Waals surface area contributed by atoms with E-state index in [9.17, 15) is 12.8 Å². The van der Waals surface area contributed by atoms with E-state index in [1.54, 1.807) is 13.8 Å². The molecule has 0 atom stereocenters. The Morgan fingerprint density at radius 2 is 2.00 bits per heavy atom. The van der Waals surface area contributed by atoms with E-state index in [-0.39, 0.29) is 22.6 Å². The molecule has 21 heavy (non-hydrogen) atoms. The molecule has 1 aromatic carbocycles. The molecule has 0 amide bonds. The molecule has 0 aliphatic heterocycles. The lowest BCUT2D eigenvalue weighted by Gasteiger charge is -2.11. The minimum Gasteiger partial charge on any atom is -0.326 e. The van der Waals surface area contributed by atoms with Crippen molar-refractivity contribution in [3.05, 3.63) is 40.5 Å². The number of nitrogens with zero attached hydrogens (tertiary/aromatic N) is 1. The standard InChI is InChI=1S/C13H17FN4O2S/c1-7-4-11(5-10(6-15)12(7)14)21(19,20)18-13-8(2)16-17-9(13)3/h4-5,18H,6,15H2,1-3H3,(H,16,17). The number of rotatable bonds is 4. The third-order valence-electron chi connectivity index (χ3n) is 3.20. The number of aromatic amines is 1. The Morgan fingerprint density at radius 3 is 2.52 bits per heavy atom. The molecule has 0 saturated carbocycles. The number of halogens is 1. The van der Waals surface area contributed by atoms with Crippen molar-refractivity contribution < 1.29 is 12.8 Å². The second-order valence-electron chi connectivity index (χ2n) is 4.83. The Bertz CT molecular complexity index is 764. The molecule has 0 aliphatic carbocycles. The van der Waals surface area contributed by atoms with Crippen LogP contribution in [0.1, 0.15) is 22.5 Å². The van der Waals surface area contributed by atoms with Crippen molar-refractivity contribution in [3.63, 3.8) is 0 Å². The highest BCUT2D eigenvalue weighted by atomic mass is 32.2. The average molecular weight is 312 g/mol. The molecule has 2 rings (SSSR count). The second kappa shape index (κ2) is 5.45. The third kappa shape index (κ3) is 2.91. The number of hydrogen-bond donors (Lipinski definition) is 3. The van der Waals surface area contributed by atoms with Gasteiger partial charge in [-0.1, -0.05) is 0 Å². The van der Waals surface area contributed by atoms with Crippen molar-refractivity contribution in [3.8, 4) is 0 Å². The summed E-state index contributed by atoms with van der Waals surface area (Å²) in [5.41, 5.74) is 7.38. The molecule has 0 saturated heterocycles. The predicted molar refractivity (Wildman–Crippen MR) is 77.9 cm³/mol. The highest BCUT2D eigenvalue weighted by Crippen LogP contribution is 2.24. The molecule has 0 aliphatic rings. The Hall–Kier alpha value is -1.93. The first-order chi connectivity index (χ1) is 9.76. The molecule has 2 aromatic rings. The lowest BCUT2D eigenvalue weighted by atomic mass is 10.1. The van der Waals surface area contributed by atoms with Gasteiger partial charge >= 0.3 is 0 Å². The zero-order valence-electron chi connectivity index (χ0n) is 12.0. The first-order valence-electron chi connectivity index (χ1n) is 6.29. The third-order valence-corrected chi connectivity index (χ3v) is 4.53. The fraction of sp³-hybridized carbons (Fsp3) is 0.308. The predicted octanol–water partition coefficient (Wildman–Crippen LogP) is 1.73. The molecular weight excluding hydrogens is 295 g/mol. The Kier molecular flexibility index (Phi) is 4.02. The van der Waals surface area contributed by atoms with E-state index in [4.69, 9.17) is 5.73 Å². The molecule has 1 aromatic heterocycles. The fourth-order valence-corrected chi connectivity index (χ4v) is 3.32. The van der Waals surface area contributed by atoms with Crippen molar-refractivity contribution in [1.82, 2.24) is 10.2 Å². The van der Waals surface area contributed by atoms with Gasteiger partial charge in [-0.25, -0.2) is 12.8 Å². The van der Waals surface area contributed by atoms with Crippen LogP contribution in [0.2, 0.25) is 0 Å². The summed E-state index contributed by atoms with van der Waals surface area (Å²) in [4.78, 5) is -0.0261. The molecule has 1 heterocycles. The summed E-state index contributed by atoms with van der Waals surface area (Å²) in [6, 6.07) is 2.52. The van der Waals surface area contributed by atoms with Crippen LogP contribution in [0.3, 0.4) is 0 Å². The summed E-state index contributed by atoms with van der Waals surface area (Å²) in [6.07, 6.45) is 0. The van der Waals surface area contributed by atoms with E-state index < -0.39 is 15.8 Å². The van der Waals surface area contributed by atoms with Gasteiger partial charge in [0.05, 0.1) is 22.0 Å². The van der Waals surface area contributed by atoms with Gasteiger partial charge in [0.2, 0.25) is 0 Å². The van der Waals surface area contributed by atoms with Crippen LogP contribution in [0.15, 0.2) is 17.0 Å². The largest absolute Gasteiger partial charge is 0.326 e. The van der Waals surface area contributed by atoms with Crippen molar-refractivity contribution >= 4 is 15.7 Å². The number of anilines is 1. The van der Waals surface area contributed by atoms with Gasteiger partial charge in [-0.15, -0.1) is 0 Å². The van der Waals surface area contributed by atoms with Gasteiger partial charge in [-0.2, -0.15) is 5.10 Å². The first-order valence-corrected chi connectivity index (χ1v) is 7.78. The van der Waals surface area contributed by atoms with Crippen LogP contribution in [0.4, 0.5) is 10.1 Å². The molecule has 0 unspecified atom stereocenters. The average Bonchev–Trinajstić information content (AvgIpc) is 2.73. The number of H-pyrrole nitrogens is 1. The smallest absolute Gasteiger partial charge is 0.262 e. The number of nitrogens with two attached hydrogens (primary N) is 1. The maximum Gasteiger partial charge on any atom is 0.262 e. The molecule has 0 bridgehead atoms. The van der Waals surface area contributed by atoms with E-state index >= 15 is 0 Å². The van der Waals surface area contributed by atoms with Crippen molar-refractivity contribution in [1.29, 1.82) is 0 Å².